The first-order valence-corrected chi connectivity index (χ1v) is 8.26. The summed E-state index contributed by atoms with van der Waals surface area (Å²) in [6.45, 7) is 0.844. The highest BCUT2D eigenvalue weighted by Gasteiger charge is 2.20. The molecule has 3 nitrogen and oxygen atoms in total. The van der Waals surface area contributed by atoms with Gasteiger partial charge in [-0.3, -0.25) is 4.79 Å². The van der Waals surface area contributed by atoms with Gasteiger partial charge in [0.05, 0.1) is 0 Å². The van der Waals surface area contributed by atoms with Crippen molar-refractivity contribution in [2.45, 2.75) is 76.7 Å². The number of halogens is 1. The Bertz CT molecular complexity index is 280. The van der Waals surface area contributed by atoms with Gasteiger partial charge in [-0.1, -0.05) is 38.5 Å². The van der Waals surface area contributed by atoms with Gasteiger partial charge < -0.3 is 11.1 Å². The topological polar surface area (TPSA) is 55.1 Å². The molecule has 2 fully saturated rings. The van der Waals surface area contributed by atoms with Crippen LogP contribution in [0.15, 0.2) is 0 Å². The molecule has 0 aromatic rings. The van der Waals surface area contributed by atoms with Gasteiger partial charge in [-0.05, 0) is 37.5 Å². The Kier molecular flexibility index (Phi) is 8.55. The van der Waals surface area contributed by atoms with Crippen LogP contribution >= 0.6 is 12.4 Å². The van der Waals surface area contributed by atoms with Crippen LogP contribution in [0, 0.1) is 11.8 Å². The molecule has 0 radical (unpaired) electrons. The van der Waals surface area contributed by atoms with E-state index >= 15 is 0 Å². The van der Waals surface area contributed by atoms with Crippen molar-refractivity contribution in [3.8, 4) is 0 Å². The van der Waals surface area contributed by atoms with E-state index in [2.05, 4.69) is 5.32 Å². The number of amides is 1. The van der Waals surface area contributed by atoms with Crippen molar-refractivity contribution in [3.05, 3.63) is 0 Å². The molecule has 2 unspecified atom stereocenters. The highest BCUT2D eigenvalue weighted by molar-refractivity contribution is 5.85. The van der Waals surface area contributed by atoms with Crippen LogP contribution < -0.4 is 11.1 Å². The van der Waals surface area contributed by atoms with E-state index < -0.39 is 0 Å². The number of hydrogen-bond donors (Lipinski definition) is 2. The molecular weight excluding hydrogens is 272 g/mol. The maximum atomic E-state index is 11.9. The van der Waals surface area contributed by atoms with Crippen LogP contribution in [0.4, 0.5) is 0 Å². The van der Waals surface area contributed by atoms with Crippen molar-refractivity contribution in [1.82, 2.24) is 5.32 Å². The first kappa shape index (κ1) is 17.8. The van der Waals surface area contributed by atoms with Crippen LogP contribution in [0.2, 0.25) is 0 Å². The average Bonchev–Trinajstić information content (AvgIpc) is 2.44. The SMILES string of the molecule is Cl.NC1CCCC(CNC(=O)CCC2CCCCC2)C1. The van der Waals surface area contributed by atoms with Crippen LogP contribution in [0.25, 0.3) is 0 Å². The molecule has 2 rings (SSSR count). The summed E-state index contributed by atoms with van der Waals surface area (Å²) in [6.07, 6.45) is 13.3. The van der Waals surface area contributed by atoms with Crippen molar-refractivity contribution in [2.75, 3.05) is 6.54 Å². The van der Waals surface area contributed by atoms with Gasteiger partial charge in [0, 0.05) is 19.0 Å². The molecule has 0 heterocycles. The van der Waals surface area contributed by atoms with E-state index in [-0.39, 0.29) is 18.3 Å². The Morgan fingerprint density at radius 3 is 2.40 bits per heavy atom. The molecule has 4 heteroatoms. The Morgan fingerprint density at radius 1 is 1.00 bits per heavy atom. The van der Waals surface area contributed by atoms with Gasteiger partial charge in [0.1, 0.15) is 0 Å². The van der Waals surface area contributed by atoms with Gasteiger partial charge in [-0.2, -0.15) is 0 Å². The van der Waals surface area contributed by atoms with Crippen molar-refractivity contribution >= 4 is 18.3 Å². The second kappa shape index (κ2) is 9.62. The number of rotatable bonds is 5. The molecule has 0 saturated heterocycles. The third-order valence-electron chi connectivity index (χ3n) is 4.92. The molecule has 2 saturated carbocycles. The minimum atomic E-state index is 0. The molecule has 1 amide bonds. The zero-order valence-corrected chi connectivity index (χ0v) is 13.4. The summed E-state index contributed by atoms with van der Waals surface area (Å²) in [7, 11) is 0. The number of carbonyl (C=O) groups excluding carboxylic acids is 1. The number of hydrogen-bond acceptors (Lipinski definition) is 2. The molecule has 3 N–H and O–H groups in total. The van der Waals surface area contributed by atoms with Crippen LogP contribution in [-0.2, 0) is 4.79 Å². The van der Waals surface area contributed by atoms with Gasteiger partial charge in [0.15, 0.2) is 0 Å². The Hall–Kier alpha value is -0.280. The minimum absolute atomic E-state index is 0. The summed E-state index contributed by atoms with van der Waals surface area (Å²) >= 11 is 0. The number of carbonyl (C=O) groups is 1. The fourth-order valence-electron chi connectivity index (χ4n) is 3.68. The molecule has 0 spiro atoms. The molecule has 118 valence electrons. The summed E-state index contributed by atoms with van der Waals surface area (Å²) in [6, 6.07) is 0.359. The smallest absolute Gasteiger partial charge is 0.220 e. The van der Waals surface area contributed by atoms with Gasteiger partial charge in [0.25, 0.3) is 0 Å². The normalized spacial score (nSPS) is 27.6. The Balaban J connectivity index is 0.00000200. The standard InChI is InChI=1S/C16H30N2O.ClH/c17-15-8-4-7-14(11-15)12-18-16(19)10-9-13-5-2-1-3-6-13;/h13-15H,1-12,17H2,(H,18,19);1H. The number of nitrogens with two attached hydrogens (primary N) is 1. The predicted molar refractivity (Wildman–Crippen MR) is 86.0 cm³/mol. The molecule has 2 atom stereocenters. The van der Waals surface area contributed by atoms with E-state index in [4.69, 9.17) is 5.73 Å². The third-order valence-corrected chi connectivity index (χ3v) is 4.92. The van der Waals surface area contributed by atoms with E-state index in [1.165, 1.54) is 44.9 Å². The van der Waals surface area contributed by atoms with E-state index in [1.54, 1.807) is 0 Å². The maximum absolute atomic E-state index is 11.9. The largest absolute Gasteiger partial charge is 0.356 e. The first-order chi connectivity index (χ1) is 9.24. The molecule has 2 aliphatic carbocycles. The molecule has 2 aliphatic rings. The molecule has 0 aromatic heterocycles. The predicted octanol–water partition coefficient (Wildman–Crippen LogP) is 3.40. The zero-order valence-electron chi connectivity index (χ0n) is 12.6. The third kappa shape index (κ3) is 6.45. The molecule has 0 bridgehead atoms. The van der Waals surface area contributed by atoms with Gasteiger partial charge in [-0.25, -0.2) is 0 Å². The molecule has 0 aliphatic heterocycles. The summed E-state index contributed by atoms with van der Waals surface area (Å²) in [5, 5.41) is 3.12. The Labute approximate surface area is 129 Å². The van der Waals surface area contributed by atoms with E-state index in [0.717, 1.165) is 38.1 Å². The first-order valence-electron chi connectivity index (χ1n) is 8.26. The van der Waals surface area contributed by atoms with Crippen LogP contribution in [0.1, 0.15) is 70.6 Å². The van der Waals surface area contributed by atoms with Crippen molar-refractivity contribution in [1.29, 1.82) is 0 Å². The zero-order chi connectivity index (χ0) is 13.5. The maximum Gasteiger partial charge on any atom is 0.220 e. The van der Waals surface area contributed by atoms with Crippen LogP contribution in [0.5, 0.6) is 0 Å². The van der Waals surface area contributed by atoms with Crippen LogP contribution in [-0.4, -0.2) is 18.5 Å². The molecule has 20 heavy (non-hydrogen) atoms. The fourth-order valence-corrected chi connectivity index (χ4v) is 3.68. The van der Waals surface area contributed by atoms with Crippen LogP contribution in [0.3, 0.4) is 0 Å². The van der Waals surface area contributed by atoms with E-state index in [1.807, 2.05) is 0 Å². The van der Waals surface area contributed by atoms with Gasteiger partial charge in [-0.15, -0.1) is 12.4 Å². The van der Waals surface area contributed by atoms with Crippen molar-refractivity contribution in [2.24, 2.45) is 17.6 Å². The lowest BCUT2D eigenvalue weighted by Crippen LogP contribution is -2.35. The highest BCUT2D eigenvalue weighted by atomic mass is 35.5. The lowest BCUT2D eigenvalue weighted by Gasteiger charge is -2.26. The average molecular weight is 303 g/mol. The second-order valence-electron chi connectivity index (χ2n) is 6.64. The van der Waals surface area contributed by atoms with Gasteiger partial charge >= 0.3 is 0 Å². The van der Waals surface area contributed by atoms with Crippen molar-refractivity contribution < 1.29 is 4.79 Å². The fraction of sp³-hybridized carbons (Fsp3) is 0.938. The van der Waals surface area contributed by atoms with E-state index in [9.17, 15) is 4.79 Å². The molecule has 0 aromatic carbocycles. The lowest BCUT2D eigenvalue weighted by atomic mass is 9.85. The quantitative estimate of drug-likeness (QED) is 0.818. The summed E-state index contributed by atoms with van der Waals surface area (Å²) < 4.78 is 0. The van der Waals surface area contributed by atoms with Gasteiger partial charge in [0.2, 0.25) is 5.91 Å². The Morgan fingerprint density at radius 2 is 1.70 bits per heavy atom. The summed E-state index contributed by atoms with van der Waals surface area (Å²) in [5.74, 6) is 1.68. The molecular formula is C16H31ClN2O. The summed E-state index contributed by atoms with van der Waals surface area (Å²) in [5.41, 5.74) is 5.97. The number of nitrogens with one attached hydrogen (secondary N) is 1. The highest BCUT2D eigenvalue weighted by Crippen LogP contribution is 2.27. The minimum Gasteiger partial charge on any atom is -0.356 e. The van der Waals surface area contributed by atoms with Crippen molar-refractivity contribution in [3.63, 3.8) is 0 Å². The summed E-state index contributed by atoms with van der Waals surface area (Å²) in [4.78, 5) is 11.9. The lowest BCUT2D eigenvalue weighted by molar-refractivity contribution is -0.121. The van der Waals surface area contributed by atoms with E-state index in [0.29, 0.717) is 12.0 Å². The monoisotopic (exact) mass is 302 g/mol. The second-order valence-corrected chi connectivity index (χ2v) is 6.64.